The van der Waals surface area contributed by atoms with Gasteiger partial charge in [-0.3, -0.25) is 9.36 Å². The van der Waals surface area contributed by atoms with Gasteiger partial charge in [0.2, 0.25) is 0 Å². The second kappa shape index (κ2) is 8.77. The molecular weight excluding hydrogens is 421 g/mol. The zero-order valence-electron chi connectivity index (χ0n) is 17.5. The predicted octanol–water partition coefficient (Wildman–Crippen LogP) is 5.30. The number of esters is 1. The fraction of sp³-hybridized carbons (Fsp3) is 0.348. The van der Waals surface area contributed by atoms with Gasteiger partial charge in [0.05, 0.1) is 18.7 Å². The maximum Gasteiger partial charge on any atom is 0.308 e. The van der Waals surface area contributed by atoms with Crippen LogP contribution in [-0.2, 0) is 14.3 Å². The van der Waals surface area contributed by atoms with Crippen LogP contribution in [0.3, 0.4) is 0 Å². The minimum absolute atomic E-state index is 0.0537. The van der Waals surface area contributed by atoms with Crippen molar-refractivity contribution < 1.29 is 18.7 Å². The van der Waals surface area contributed by atoms with Crippen molar-refractivity contribution in [3.05, 3.63) is 76.1 Å². The SMILES string of the molecule is CCOC(=O)CC1OC(c2ccccc2F)c2cc(Cl)ccc2-n2c(C(C)C)nnc21. The van der Waals surface area contributed by atoms with Crippen LogP contribution in [-0.4, -0.2) is 27.3 Å². The van der Waals surface area contributed by atoms with Gasteiger partial charge in [0.25, 0.3) is 0 Å². The summed E-state index contributed by atoms with van der Waals surface area (Å²) in [6.07, 6.45) is -1.65. The van der Waals surface area contributed by atoms with E-state index < -0.39 is 24.0 Å². The van der Waals surface area contributed by atoms with Gasteiger partial charge in [-0.05, 0) is 31.2 Å². The van der Waals surface area contributed by atoms with E-state index in [1.807, 2.05) is 24.5 Å². The minimum atomic E-state index is -0.795. The van der Waals surface area contributed by atoms with Crippen LogP contribution in [0, 0.1) is 5.82 Å². The number of carbonyl (C=O) groups is 1. The summed E-state index contributed by atoms with van der Waals surface area (Å²) in [5.41, 5.74) is 1.77. The number of rotatable bonds is 5. The molecule has 0 N–H and O–H groups in total. The van der Waals surface area contributed by atoms with Crippen molar-refractivity contribution in [2.75, 3.05) is 6.61 Å². The molecule has 0 bridgehead atoms. The average molecular weight is 444 g/mol. The first-order valence-electron chi connectivity index (χ1n) is 10.2. The molecule has 0 spiro atoms. The monoisotopic (exact) mass is 443 g/mol. The molecule has 0 fully saturated rings. The average Bonchev–Trinajstić information content (AvgIpc) is 3.12. The first-order chi connectivity index (χ1) is 14.9. The van der Waals surface area contributed by atoms with Crippen molar-refractivity contribution in [1.29, 1.82) is 0 Å². The van der Waals surface area contributed by atoms with E-state index in [9.17, 15) is 9.18 Å². The van der Waals surface area contributed by atoms with E-state index in [1.54, 1.807) is 37.3 Å². The highest BCUT2D eigenvalue weighted by Gasteiger charge is 2.36. The third kappa shape index (κ3) is 4.07. The molecule has 0 saturated heterocycles. The summed E-state index contributed by atoms with van der Waals surface area (Å²) in [5.74, 6) is 0.405. The molecule has 0 aliphatic carbocycles. The molecule has 0 saturated carbocycles. The molecule has 1 aliphatic heterocycles. The number of halogens is 2. The van der Waals surface area contributed by atoms with Gasteiger partial charge in [-0.2, -0.15) is 0 Å². The Kier molecular flexibility index (Phi) is 6.07. The number of fused-ring (bicyclic) bond motifs is 3. The third-order valence-electron chi connectivity index (χ3n) is 5.18. The highest BCUT2D eigenvalue weighted by Crippen LogP contribution is 2.43. The topological polar surface area (TPSA) is 66.2 Å². The Labute approximate surface area is 185 Å². The summed E-state index contributed by atoms with van der Waals surface area (Å²) in [6.45, 7) is 6.01. The van der Waals surface area contributed by atoms with Gasteiger partial charge in [-0.1, -0.05) is 43.6 Å². The molecular formula is C23H23ClFN3O3. The highest BCUT2D eigenvalue weighted by molar-refractivity contribution is 6.30. The second-order valence-electron chi connectivity index (χ2n) is 7.65. The largest absolute Gasteiger partial charge is 0.466 e. The zero-order valence-corrected chi connectivity index (χ0v) is 18.3. The first-order valence-corrected chi connectivity index (χ1v) is 10.6. The lowest BCUT2D eigenvalue weighted by Gasteiger charge is -2.22. The van der Waals surface area contributed by atoms with Crippen molar-refractivity contribution in [1.82, 2.24) is 14.8 Å². The van der Waals surface area contributed by atoms with E-state index in [1.165, 1.54) is 6.07 Å². The van der Waals surface area contributed by atoms with Crippen molar-refractivity contribution in [2.24, 2.45) is 0 Å². The Hall–Kier alpha value is -2.77. The Morgan fingerprint density at radius 1 is 1.23 bits per heavy atom. The number of aromatic nitrogens is 3. The molecule has 0 amide bonds. The molecule has 2 unspecified atom stereocenters. The maximum absolute atomic E-state index is 14.8. The number of hydrogen-bond acceptors (Lipinski definition) is 5. The Morgan fingerprint density at radius 3 is 2.71 bits per heavy atom. The lowest BCUT2D eigenvalue weighted by Crippen LogP contribution is -2.17. The lowest BCUT2D eigenvalue weighted by molar-refractivity contribution is -0.147. The molecule has 2 atom stereocenters. The van der Waals surface area contributed by atoms with Crippen LogP contribution in [0.15, 0.2) is 42.5 Å². The highest BCUT2D eigenvalue weighted by atomic mass is 35.5. The van der Waals surface area contributed by atoms with Crippen molar-refractivity contribution in [3.63, 3.8) is 0 Å². The van der Waals surface area contributed by atoms with E-state index in [2.05, 4.69) is 10.2 Å². The smallest absolute Gasteiger partial charge is 0.308 e. The standard InChI is InChI=1S/C23H23ClFN3O3/c1-4-30-20(29)12-19-23-27-26-22(13(2)3)28(23)18-10-9-14(24)11-16(18)21(31-19)15-7-5-6-8-17(15)25/h5-11,13,19,21H,4,12H2,1-3H3. The summed E-state index contributed by atoms with van der Waals surface area (Å²) < 4.78 is 28.2. The van der Waals surface area contributed by atoms with Gasteiger partial charge in [-0.25, -0.2) is 4.39 Å². The fourth-order valence-corrected chi connectivity index (χ4v) is 4.00. The second-order valence-corrected chi connectivity index (χ2v) is 8.08. The quantitative estimate of drug-likeness (QED) is 0.501. The van der Waals surface area contributed by atoms with Crippen LogP contribution in [0.5, 0.6) is 0 Å². The molecule has 3 aromatic rings. The molecule has 2 heterocycles. The molecule has 8 heteroatoms. The number of benzene rings is 2. The van der Waals surface area contributed by atoms with E-state index in [0.29, 0.717) is 27.8 Å². The summed E-state index contributed by atoms with van der Waals surface area (Å²) in [4.78, 5) is 12.4. The molecule has 6 nitrogen and oxygen atoms in total. The van der Waals surface area contributed by atoms with Crippen molar-refractivity contribution in [3.8, 4) is 5.69 Å². The molecule has 1 aliphatic rings. The Morgan fingerprint density at radius 2 is 2.00 bits per heavy atom. The van der Waals surface area contributed by atoms with E-state index >= 15 is 0 Å². The number of hydrogen-bond donors (Lipinski definition) is 0. The summed E-state index contributed by atoms with van der Waals surface area (Å²) in [7, 11) is 0. The summed E-state index contributed by atoms with van der Waals surface area (Å²) >= 11 is 6.32. The van der Waals surface area contributed by atoms with Gasteiger partial charge >= 0.3 is 5.97 Å². The van der Waals surface area contributed by atoms with Crippen LogP contribution in [0.1, 0.15) is 68.1 Å². The van der Waals surface area contributed by atoms with Crippen LogP contribution in [0.2, 0.25) is 5.02 Å². The van der Waals surface area contributed by atoms with Crippen LogP contribution >= 0.6 is 11.6 Å². The molecule has 31 heavy (non-hydrogen) atoms. The Bertz CT molecular complexity index is 1120. The molecule has 2 aromatic carbocycles. The van der Waals surface area contributed by atoms with Crippen molar-refractivity contribution >= 4 is 17.6 Å². The van der Waals surface area contributed by atoms with E-state index in [0.717, 1.165) is 5.69 Å². The maximum atomic E-state index is 14.8. The predicted molar refractivity (Wildman–Crippen MR) is 114 cm³/mol. The van der Waals surface area contributed by atoms with E-state index in [4.69, 9.17) is 21.1 Å². The number of carbonyl (C=O) groups excluding carboxylic acids is 1. The van der Waals surface area contributed by atoms with Crippen LogP contribution < -0.4 is 0 Å². The van der Waals surface area contributed by atoms with E-state index in [-0.39, 0.29) is 18.9 Å². The summed E-state index contributed by atoms with van der Waals surface area (Å²) in [5, 5.41) is 9.20. The molecule has 1 aromatic heterocycles. The first kappa shape index (κ1) is 21.5. The number of ether oxygens (including phenoxy) is 2. The molecule has 4 rings (SSSR count). The lowest BCUT2D eigenvalue weighted by atomic mass is 9.99. The molecule has 0 radical (unpaired) electrons. The fourth-order valence-electron chi connectivity index (χ4n) is 3.81. The Balaban J connectivity index is 1.95. The molecule has 162 valence electrons. The van der Waals surface area contributed by atoms with Gasteiger partial charge < -0.3 is 9.47 Å². The van der Waals surface area contributed by atoms with Crippen LogP contribution in [0.4, 0.5) is 4.39 Å². The van der Waals surface area contributed by atoms with Crippen molar-refractivity contribution in [2.45, 2.75) is 45.3 Å². The normalized spacial score (nSPS) is 17.7. The third-order valence-corrected chi connectivity index (χ3v) is 5.41. The van der Waals surface area contributed by atoms with Gasteiger partial charge in [0.1, 0.15) is 23.8 Å². The summed E-state index contributed by atoms with van der Waals surface area (Å²) in [6, 6.07) is 11.8. The number of nitrogens with zero attached hydrogens (tertiary/aromatic N) is 3. The van der Waals surface area contributed by atoms with Gasteiger partial charge in [0, 0.05) is 22.1 Å². The van der Waals surface area contributed by atoms with Crippen LogP contribution in [0.25, 0.3) is 5.69 Å². The minimum Gasteiger partial charge on any atom is -0.466 e. The van der Waals surface area contributed by atoms with Gasteiger partial charge in [0.15, 0.2) is 5.82 Å². The van der Waals surface area contributed by atoms with Gasteiger partial charge in [-0.15, -0.1) is 10.2 Å². The zero-order chi connectivity index (χ0) is 22.1.